The number of carbonyl (C=O) groups is 1. The fraction of sp³-hybridized carbons (Fsp3) is 0.292. The number of amides is 1. The average Bonchev–Trinajstić information content (AvgIpc) is 3.23. The molecule has 1 fully saturated rings. The lowest BCUT2D eigenvalue weighted by molar-refractivity contribution is 0.0704. The van der Waals surface area contributed by atoms with E-state index < -0.39 is 0 Å². The lowest BCUT2D eigenvalue weighted by atomic mass is 9.96. The molecule has 0 saturated carbocycles. The van der Waals surface area contributed by atoms with Crippen LogP contribution in [0.5, 0.6) is 0 Å². The minimum absolute atomic E-state index is 0.0187. The van der Waals surface area contributed by atoms with E-state index in [1.807, 2.05) is 36.1 Å². The first-order chi connectivity index (χ1) is 16.0. The van der Waals surface area contributed by atoms with Crippen LogP contribution >= 0.6 is 0 Å². The van der Waals surface area contributed by atoms with Gasteiger partial charge in [0, 0.05) is 24.6 Å². The van der Waals surface area contributed by atoms with E-state index in [2.05, 4.69) is 20.3 Å². The van der Waals surface area contributed by atoms with Crippen LogP contribution in [0.15, 0.2) is 53.3 Å². The van der Waals surface area contributed by atoms with Gasteiger partial charge in [-0.2, -0.15) is 0 Å². The van der Waals surface area contributed by atoms with E-state index in [-0.39, 0.29) is 28.7 Å². The third kappa shape index (κ3) is 4.26. The number of halogens is 1. The Morgan fingerprint density at radius 2 is 2.03 bits per heavy atom. The van der Waals surface area contributed by atoms with Gasteiger partial charge < -0.3 is 9.88 Å². The van der Waals surface area contributed by atoms with Crippen molar-refractivity contribution >= 4 is 17.1 Å². The van der Waals surface area contributed by atoms with Gasteiger partial charge in [0.05, 0.1) is 6.54 Å². The number of carbonyl (C=O) groups excluding carboxylic acids is 1. The van der Waals surface area contributed by atoms with Gasteiger partial charge in [-0.1, -0.05) is 35.0 Å². The number of piperidine rings is 1. The Labute approximate surface area is 189 Å². The van der Waals surface area contributed by atoms with E-state index >= 15 is 0 Å². The summed E-state index contributed by atoms with van der Waals surface area (Å²) in [5.74, 6) is 0.0895. The summed E-state index contributed by atoms with van der Waals surface area (Å²) in [4.78, 5) is 35.1. The predicted molar refractivity (Wildman–Crippen MR) is 121 cm³/mol. The topological polar surface area (TPSA) is 96.8 Å². The molecule has 2 aromatic carbocycles. The highest BCUT2D eigenvalue weighted by Crippen LogP contribution is 2.26. The van der Waals surface area contributed by atoms with Crippen molar-refractivity contribution in [3.05, 3.63) is 87.2 Å². The van der Waals surface area contributed by atoms with Crippen LogP contribution in [0.3, 0.4) is 0 Å². The van der Waals surface area contributed by atoms with Gasteiger partial charge in [0.25, 0.3) is 11.5 Å². The van der Waals surface area contributed by atoms with Gasteiger partial charge >= 0.3 is 0 Å². The highest BCUT2D eigenvalue weighted by Gasteiger charge is 2.28. The molecule has 1 aliphatic heterocycles. The van der Waals surface area contributed by atoms with Crippen molar-refractivity contribution in [2.45, 2.75) is 32.2 Å². The van der Waals surface area contributed by atoms with Crippen molar-refractivity contribution in [2.24, 2.45) is 0 Å². The van der Waals surface area contributed by atoms with Crippen molar-refractivity contribution in [1.29, 1.82) is 0 Å². The molecular formula is C24H23FN6O2. The number of fused-ring (bicyclic) bond motifs is 1. The van der Waals surface area contributed by atoms with Crippen LogP contribution < -0.4 is 5.56 Å². The number of aromatic nitrogens is 5. The van der Waals surface area contributed by atoms with Gasteiger partial charge in [-0.05, 0) is 49.6 Å². The number of hydrogen-bond acceptors (Lipinski definition) is 5. The number of likely N-dealkylation sites (tertiary alicyclic amines) is 1. The number of nitrogens with zero attached hydrogens (tertiary/aromatic N) is 5. The Hall–Kier alpha value is -3.88. The minimum Gasteiger partial charge on any atom is -0.338 e. The molecule has 0 spiro atoms. The zero-order valence-electron chi connectivity index (χ0n) is 18.2. The molecule has 9 heteroatoms. The average molecular weight is 446 g/mol. The van der Waals surface area contributed by atoms with Gasteiger partial charge in [0.15, 0.2) is 11.2 Å². The highest BCUT2D eigenvalue weighted by molar-refractivity contribution is 5.94. The van der Waals surface area contributed by atoms with E-state index in [0.717, 1.165) is 24.0 Å². The molecule has 1 aliphatic rings. The molecule has 4 aromatic rings. The Morgan fingerprint density at radius 3 is 2.82 bits per heavy atom. The van der Waals surface area contributed by atoms with Crippen molar-refractivity contribution in [3.8, 4) is 0 Å². The smallest absolute Gasteiger partial charge is 0.281 e. The molecule has 5 rings (SSSR count). The zero-order chi connectivity index (χ0) is 22.9. The Bertz CT molecular complexity index is 1380. The number of benzene rings is 2. The van der Waals surface area contributed by atoms with Gasteiger partial charge in [-0.15, -0.1) is 5.10 Å². The van der Waals surface area contributed by atoms with Crippen LogP contribution in [0.4, 0.5) is 4.39 Å². The molecule has 1 amide bonds. The van der Waals surface area contributed by atoms with E-state index in [0.29, 0.717) is 36.7 Å². The van der Waals surface area contributed by atoms with Crippen molar-refractivity contribution < 1.29 is 9.18 Å². The molecular weight excluding hydrogens is 423 g/mol. The second-order valence-electron chi connectivity index (χ2n) is 8.46. The SMILES string of the molecule is Cc1cccc(C(=O)N2CCC[C@H](c3nc4c(nnn4Cc4ccc(F)cc4)c(=O)[nH]3)C2)c1. The molecule has 1 saturated heterocycles. The standard InChI is InChI=1S/C24H23FN6O2/c1-15-4-2-5-17(12-15)24(33)30-11-3-6-18(14-30)21-26-22-20(23(32)27-21)28-29-31(22)13-16-7-9-19(25)10-8-16/h2,4-5,7-10,12,18H,3,6,11,13-14H2,1H3,(H,26,27,32)/t18-/m0/s1. The van der Waals surface area contributed by atoms with Crippen LogP contribution in [0.1, 0.15) is 46.1 Å². The summed E-state index contributed by atoms with van der Waals surface area (Å²) in [6, 6.07) is 13.6. The van der Waals surface area contributed by atoms with E-state index in [1.54, 1.807) is 16.8 Å². The fourth-order valence-corrected chi connectivity index (χ4v) is 4.29. The maximum Gasteiger partial charge on any atom is 0.281 e. The van der Waals surface area contributed by atoms with E-state index in [4.69, 9.17) is 0 Å². The number of aromatic amines is 1. The molecule has 1 atom stereocenters. The summed E-state index contributed by atoms with van der Waals surface area (Å²) in [5, 5.41) is 8.05. The van der Waals surface area contributed by atoms with Gasteiger partial charge in [-0.25, -0.2) is 14.1 Å². The van der Waals surface area contributed by atoms with E-state index in [1.165, 1.54) is 12.1 Å². The maximum atomic E-state index is 13.2. The summed E-state index contributed by atoms with van der Waals surface area (Å²) in [6.07, 6.45) is 1.63. The van der Waals surface area contributed by atoms with Crippen LogP contribution in [-0.4, -0.2) is 48.9 Å². The summed E-state index contributed by atoms with van der Waals surface area (Å²) in [7, 11) is 0. The zero-order valence-corrected chi connectivity index (χ0v) is 18.2. The monoisotopic (exact) mass is 446 g/mol. The Balaban J connectivity index is 1.42. The summed E-state index contributed by atoms with van der Waals surface area (Å²) in [5.41, 5.74) is 2.69. The van der Waals surface area contributed by atoms with Crippen LogP contribution in [-0.2, 0) is 6.54 Å². The summed E-state index contributed by atoms with van der Waals surface area (Å²) in [6.45, 7) is 3.42. The number of H-pyrrole nitrogens is 1. The highest BCUT2D eigenvalue weighted by atomic mass is 19.1. The molecule has 3 heterocycles. The van der Waals surface area contributed by atoms with Crippen molar-refractivity contribution in [2.75, 3.05) is 13.1 Å². The largest absolute Gasteiger partial charge is 0.338 e. The summed E-state index contributed by atoms with van der Waals surface area (Å²) < 4.78 is 14.8. The summed E-state index contributed by atoms with van der Waals surface area (Å²) >= 11 is 0. The molecule has 8 nitrogen and oxygen atoms in total. The fourth-order valence-electron chi connectivity index (χ4n) is 4.29. The van der Waals surface area contributed by atoms with Crippen molar-refractivity contribution in [3.63, 3.8) is 0 Å². The third-order valence-corrected chi connectivity index (χ3v) is 6.00. The lowest BCUT2D eigenvalue weighted by Crippen LogP contribution is -2.40. The minimum atomic E-state index is -0.359. The molecule has 33 heavy (non-hydrogen) atoms. The number of aryl methyl sites for hydroxylation is 1. The predicted octanol–water partition coefficient (Wildman–Crippen LogP) is 3.03. The van der Waals surface area contributed by atoms with Crippen molar-refractivity contribution in [1.82, 2.24) is 29.9 Å². The second kappa shape index (κ2) is 8.57. The first-order valence-corrected chi connectivity index (χ1v) is 10.9. The Morgan fingerprint density at radius 1 is 1.21 bits per heavy atom. The number of hydrogen-bond donors (Lipinski definition) is 1. The molecule has 0 unspecified atom stereocenters. The number of rotatable bonds is 4. The second-order valence-corrected chi connectivity index (χ2v) is 8.46. The first kappa shape index (κ1) is 21.0. The first-order valence-electron chi connectivity index (χ1n) is 10.9. The number of nitrogens with one attached hydrogen (secondary N) is 1. The molecule has 0 aliphatic carbocycles. The van der Waals surface area contributed by atoms with E-state index in [9.17, 15) is 14.0 Å². The lowest BCUT2D eigenvalue weighted by Gasteiger charge is -2.32. The maximum absolute atomic E-state index is 13.2. The quantitative estimate of drug-likeness (QED) is 0.520. The van der Waals surface area contributed by atoms with Gasteiger partial charge in [-0.3, -0.25) is 9.59 Å². The molecule has 0 bridgehead atoms. The third-order valence-electron chi connectivity index (χ3n) is 6.00. The van der Waals surface area contributed by atoms with Gasteiger partial charge in [0.1, 0.15) is 11.6 Å². The van der Waals surface area contributed by atoms with Crippen LogP contribution in [0.25, 0.3) is 11.2 Å². The molecule has 168 valence electrons. The van der Waals surface area contributed by atoms with Crippen LogP contribution in [0.2, 0.25) is 0 Å². The molecule has 2 aromatic heterocycles. The Kier molecular flexibility index (Phi) is 5.45. The van der Waals surface area contributed by atoms with Gasteiger partial charge in [0.2, 0.25) is 0 Å². The van der Waals surface area contributed by atoms with Crippen LogP contribution in [0, 0.1) is 12.7 Å². The molecule has 0 radical (unpaired) electrons. The molecule has 1 N–H and O–H groups in total. The normalized spacial score (nSPS) is 16.3.